The van der Waals surface area contributed by atoms with Gasteiger partial charge in [0, 0.05) is 5.41 Å². The van der Waals surface area contributed by atoms with Crippen molar-refractivity contribution in [2.75, 3.05) is 0 Å². The monoisotopic (exact) mass is 826 g/mol. The van der Waals surface area contributed by atoms with E-state index in [1.165, 1.54) is 62.5 Å². The molecular formula is C50H66Cl2Zr-2. The van der Waals surface area contributed by atoms with Crippen molar-refractivity contribution >= 4 is 8.78 Å². The van der Waals surface area contributed by atoms with Gasteiger partial charge in [-0.1, -0.05) is 139 Å². The van der Waals surface area contributed by atoms with Crippen molar-refractivity contribution < 1.29 is 49.0 Å². The maximum Gasteiger partial charge on any atom is -0.0411 e. The van der Waals surface area contributed by atoms with Gasteiger partial charge in [-0.25, -0.2) is 12.0 Å². The summed E-state index contributed by atoms with van der Waals surface area (Å²) in [6, 6.07) is 18.4. The van der Waals surface area contributed by atoms with Crippen molar-refractivity contribution in [1.29, 1.82) is 0 Å². The van der Waals surface area contributed by atoms with Crippen molar-refractivity contribution in [2.24, 2.45) is 58.2 Å². The molecule has 0 amide bonds. The summed E-state index contributed by atoms with van der Waals surface area (Å²) in [5.41, 5.74) is 12.2. The van der Waals surface area contributed by atoms with Gasteiger partial charge in [-0.2, -0.15) is 34.9 Å². The fraction of sp³-hybridized carbons (Fsp3) is 0.620. The number of hydrogen-bond acceptors (Lipinski definition) is 0. The minimum atomic E-state index is 0. The zero-order valence-electron chi connectivity index (χ0n) is 34.1. The molecule has 0 N–H and O–H groups in total. The van der Waals surface area contributed by atoms with Gasteiger partial charge in [0.25, 0.3) is 0 Å². The van der Waals surface area contributed by atoms with Crippen LogP contribution in [0.15, 0.2) is 77.4 Å². The first-order valence-electron chi connectivity index (χ1n) is 21.3. The van der Waals surface area contributed by atoms with Gasteiger partial charge in [0.05, 0.1) is 0 Å². The predicted molar refractivity (Wildman–Crippen MR) is 214 cm³/mol. The van der Waals surface area contributed by atoms with Gasteiger partial charge in [-0.05, 0) is 71.7 Å². The van der Waals surface area contributed by atoms with Gasteiger partial charge in [-0.3, -0.25) is 0 Å². The molecule has 6 saturated carbocycles. The molecule has 4 bridgehead atoms. The molecule has 9 aliphatic rings. The summed E-state index contributed by atoms with van der Waals surface area (Å²) in [7, 11) is 0. The Bertz CT molecular complexity index is 1700. The smallest absolute Gasteiger partial charge is 0.0411 e. The van der Waals surface area contributed by atoms with E-state index in [4.69, 9.17) is 0 Å². The van der Waals surface area contributed by atoms with E-state index in [1.54, 1.807) is 80.5 Å². The summed E-state index contributed by atoms with van der Waals surface area (Å²) in [6.45, 7) is 20.2. The SMILES string of the molecule is C[C-]1C2=C3Cc4ccccc4C3=C3C=CC(C)C(C)C3(C)C2(C)C(C)C(C)C1C.[Cl-].[Cl-].[Zr+2]=[C]1CCCCC1.c1cc(C23CC4CC(CC(C4)C2)C3)c[cH-]1. The quantitative estimate of drug-likeness (QED) is 0.267. The molecular weight excluding hydrogens is 763 g/mol. The number of benzene rings is 1. The maximum absolute atomic E-state index is 2.63. The maximum atomic E-state index is 2.63. The van der Waals surface area contributed by atoms with Crippen molar-refractivity contribution in [3.05, 3.63) is 100 Å². The third kappa shape index (κ3) is 6.62. The van der Waals surface area contributed by atoms with Crippen LogP contribution in [-0.2, 0) is 36.1 Å². The number of halogens is 2. The van der Waals surface area contributed by atoms with Crippen LogP contribution in [0.3, 0.4) is 0 Å². The minimum Gasteiger partial charge on any atom is -0.210 e. The van der Waals surface area contributed by atoms with Crippen LogP contribution in [0.4, 0.5) is 0 Å². The first-order chi connectivity index (χ1) is 24.4. The van der Waals surface area contributed by atoms with Crippen LogP contribution in [0.1, 0.15) is 143 Å². The summed E-state index contributed by atoms with van der Waals surface area (Å²) in [6.07, 6.45) is 22.6. The van der Waals surface area contributed by atoms with Crippen LogP contribution in [-0.4, -0.2) is 3.21 Å². The largest absolute Gasteiger partial charge is 0.210 e. The van der Waals surface area contributed by atoms with Crippen molar-refractivity contribution in [3.8, 4) is 0 Å². The predicted octanol–water partition coefficient (Wildman–Crippen LogP) is 7.23. The Morgan fingerprint density at radius 3 is 1.98 bits per heavy atom. The molecule has 0 radical (unpaired) electrons. The number of allylic oxidation sites excluding steroid dienone is 6. The standard InChI is InChI=1S/C29H37.C15H19.C6H10.2ClH.Zr/c1-16-13-14-25-26-23-12-10-9-11-22(23)15-24(26)27-19(4)17(2)18(3)21(6)29(27,8)28(25,7)20(16)5;1-2-4-14(3-1)15-8-11-5-12(9-15)7-13(6-11)10-15;1-2-4-6-5-3-1;;;/h9-14,16-18,20-21H,15H2,1-8H3;1-4,11-13H,5-10H2;1-5H2;2*1H;/q2*-1;;;;+2/p-2. The molecule has 6 fully saturated rings. The summed E-state index contributed by atoms with van der Waals surface area (Å²) in [4.78, 5) is 0. The van der Waals surface area contributed by atoms with E-state index in [-0.39, 0.29) is 35.6 Å². The van der Waals surface area contributed by atoms with E-state index in [0.29, 0.717) is 35.0 Å². The van der Waals surface area contributed by atoms with Crippen LogP contribution < -0.4 is 24.8 Å². The van der Waals surface area contributed by atoms with E-state index in [0.717, 1.165) is 24.2 Å². The first-order valence-corrected chi connectivity index (χ1v) is 22.5. The summed E-state index contributed by atoms with van der Waals surface area (Å²) in [5.74, 6) is 8.15. The number of hydrogen-bond donors (Lipinski definition) is 0. The molecule has 0 aromatic heterocycles. The second kappa shape index (κ2) is 15.7. The van der Waals surface area contributed by atoms with Gasteiger partial charge in [-0.15, -0.1) is 6.92 Å². The van der Waals surface area contributed by atoms with Crippen LogP contribution in [0.25, 0.3) is 5.57 Å². The molecule has 11 rings (SSSR count). The van der Waals surface area contributed by atoms with E-state index in [1.807, 2.05) is 0 Å². The Kier molecular flexibility index (Phi) is 12.4. The molecule has 9 aliphatic carbocycles. The zero-order valence-corrected chi connectivity index (χ0v) is 38.1. The topological polar surface area (TPSA) is 0 Å². The van der Waals surface area contributed by atoms with E-state index < -0.39 is 0 Å². The Morgan fingerprint density at radius 1 is 0.792 bits per heavy atom. The van der Waals surface area contributed by atoms with E-state index >= 15 is 0 Å². The average molecular weight is 829 g/mol. The fourth-order valence-electron chi connectivity index (χ4n) is 14.0. The third-order valence-electron chi connectivity index (χ3n) is 17.3. The minimum absolute atomic E-state index is 0. The fourth-order valence-corrected chi connectivity index (χ4v) is 14.9. The van der Waals surface area contributed by atoms with Crippen LogP contribution in [0.5, 0.6) is 0 Å². The average Bonchev–Trinajstić information content (AvgIpc) is 3.79. The molecule has 0 heterocycles. The van der Waals surface area contributed by atoms with Crippen LogP contribution in [0, 0.1) is 64.1 Å². The molecule has 0 spiro atoms. The molecule has 53 heavy (non-hydrogen) atoms. The molecule has 0 saturated heterocycles. The van der Waals surface area contributed by atoms with Crippen LogP contribution in [0.2, 0.25) is 0 Å². The van der Waals surface area contributed by atoms with Gasteiger partial charge < -0.3 is 24.8 Å². The number of fused-ring (bicyclic) bond motifs is 6. The molecule has 7 unspecified atom stereocenters. The Balaban J connectivity index is 0.000000166. The normalized spacial score (nSPS) is 40.0. The van der Waals surface area contributed by atoms with Gasteiger partial charge >= 0.3 is 59.5 Å². The molecule has 3 heteroatoms. The Morgan fingerprint density at radius 2 is 1.42 bits per heavy atom. The third-order valence-corrected chi connectivity index (χ3v) is 18.5. The first kappa shape index (κ1) is 41.6. The van der Waals surface area contributed by atoms with Gasteiger partial charge in [0.15, 0.2) is 0 Å². The van der Waals surface area contributed by atoms with Crippen LogP contribution >= 0.6 is 0 Å². The molecule has 0 nitrogen and oxygen atoms in total. The Hall–Kier alpha value is -1.01. The summed E-state index contributed by atoms with van der Waals surface area (Å²) >= 11 is 1.69. The second-order valence-electron chi connectivity index (χ2n) is 19.5. The van der Waals surface area contributed by atoms with Crippen molar-refractivity contribution in [1.82, 2.24) is 0 Å². The zero-order chi connectivity index (χ0) is 35.9. The number of rotatable bonds is 1. The van der Waals surface area contributed by atoms with E-state index in [9.17, 15) is 0 Å². The molecule has 0 aliphatic heterocycles. The molecule has 286 valence electrons. The Labute approximate surface area is 351 Å². The summed E-state index contributed by atoms with van der Waals surface area (Å²) < 4.78 is 1.80. The van der Waals surface area contributed by atoms with Gasteiger partial charge in [0.1, 0.15) is 0 Å². The molecule has 2 aromatic rings. The van der Waals surface area contributed by atoms with Gasteiger partial charge in [0.2, 0.25) is 0 Å². The van der Waals surface area contributed by atoms with E-state index in [2.05, 4.69) is 116 Å². The second-order valence-corrected chi connectivity index (χ2v) is 21.3. The van der Waals surface area contributed by atoms with Crippen molar-refractivity contribution in [2.45, 2.75) is 138 Å². The molecule has 2 aromatic carbocycles. The van der Waals surface area contributed by atoms with Crippen molar-refractivity contribution in [3.63, 3.8) is 0 Å². The summed E-state index contributed by atoms with van der Waals surface area (Å²) in [5, 5.41) is 0. The molecule has 7 atom stereocenters.